The number of likely N-dealkylation sites (N-methyl/N-ethyl adjacent to an activating group) is 1. The van der Waals surface area contributed by atoms with Crippen molar-refractivity contribution >= 4 is 40.7 Å². The van der Waals surface area contributed by atoms with E-state index < -0.39 is 6.10 Å². The molecule has 1 atom stereocenters. The van der Waals surface area contributed by atoms with Crippen molar-refractivity contribution in [2.75, 3.05) is 18.9 Å². The maximum Gasteiger partial charge on any atom is 0.263 e. The van der Waals surface area contributed by atoms with Gasteiger partial charge in [0.1, 0.15) is 10.8 Å². The molecule has 0 aromatic heterocycles. The Morgan fingerprint density at radius 1 is 1.15 bits per heavy atom. The number of ether oxygens (including phenoxy) is 1. The standard InChI is InChI=1S/C20H22Cl2N2O3/c1-12-7-5-9-16(13(12)2)23-18(25)11-24(4)20(26)14(3)27-17-10-6-8-15(21)19(17)22/h5-10,14H,11H2,1-4H3,(H,23,25). The maximum atomic E-state index is 12.5. The van der Waals surface area contributed by atoms with E-state index in [1.807, 2.05) is 32.0 Å². The van der Waals surface area contributed by atoms with Gasteiger partial charge >= 0.3 is 0 Å². The van der Waals surface area contributed by atoms with Crippen LogP contribution in [0.2, 0.25) is 10.0 Å². The number of halogens is 2. The van der Waals surface area contributed by atoms with E-state index in [9.17, 15) is 9.59 Å². The van der Waals surface area contributed by atoms with Crippen LogP contribution in [-0.2, 0) is 9.59 Å². The number of rotatable bonds is 6. The number of carbonyl (C=O) groups is 2. The summed E-state index contributed by atoms with van der Waals surface area (Å²) < 4.78 is 5.60. The maximum absolute atomic E-state index is 12.5. The van der Waals surface area contributed by atoms with Gasteiger partial charge in [-0.1, -0.05) is 41.4 Å². The van der Waals surface area contributed by atoms with E-state index in [0.717, 1.165) is 16.8 Å². The zero-order valence-electron chi connectivity index (χ0n) is 15.7. The molecule has 0 saturated heterocycles. The average Bonchev–Trinajstić information content (AvgIpc) is 2.62. The lowest BCUT2D eigenvalue weighted by molar-refractivity contribution is -0.139. The minimum Gasteiger partial charge on any atom is -0.479 e. The van der Waals surface area contributed by atoms with Gasteiger partial charge in [0, 0.05) is 12.7 Å². The number of benzene rings is 2. The highest BCUT2D eigenvalue weighted by Crippen LogP contribution is 2.32. The summed E-state index contributed by atoms with van der Waals surface area (Å²) in [5.41, 5.74) is 2.81. The van der Waals surface area contributed by atoms with Crippen molar-refractivity contribution in [3.8, 4) is 5.75 Å². The van der Waals surface area contributed by atoms with Gasteiger partial charge in [-0.05, 0) is 50.1 Å². The molecule has 1 unspecified atom stereocenters. The van der Waals surface area contributed by atoms with Gasteiger partial charge in [-0.2, -0.15) is 0 Å². The molecule has 0 spiro atoms. The van der Waals surface area contributed by atoms with Crippen LogP contribution in [0.1, 0.15) is 18.1 Å². The van der Waals surface area contributed by atoms with E-state index in [1.54, 1.807) is 32.2 Å². The van der Waals surface area contributed by atoms with Gasteiger partial charge in [0.05, 0.1) is 11.6 Å². The molecule has 1 N–H and O–H groups in total. The molecule has 2 aromatic rings. The molecule has 0 saturated carbocycles. The zero-order valence-corrected chi connectivity index (χ0v) is 17.2. The van der Waals surface area contributed by atoms with E-state index >= 15 is 0 Å². The number of nitrogens with zero attached hydrogens (tertiary/aromatic N) is 1. The highest BCUT2D eigenvalue weighted by Gasteiger charge is 2.22. The molecule has 0 aliphatic heterocycles. The summed E-state index contributed by atoms with van der Waals surface area (Å²) in [6.07, 6.45) is -0.820. The third-order valence-electron chi connectivity index (χ3n) is 4.20. The summed E-state index contributed by atoms with van der Waals surface area (Å²) in [5.74, 6) is -0.312. The van der Waals surface area contributed by atoms with Crippen LogP contribution in [0.5, 0.6) is 5.75 Å². The van der Waals surface area contributed by atoms with Gasteiger partial charge in [0.2, 0.25) is 5.91 Å². The van der Waals surface area contributed by atoms with Crippen molar-refractivity contribution in [1.82, 2.24) is 4.90 Å². The number of carbonyl (C=O) groups excluding carboxylic acids is 2. The van der Waals surface area contributed by atoms with Crippen LogP contribution in [-0.4, -0.2) is 36.4 Å². The van der Waals surface area contributed by atoms with Gasteiger partial charge in [-0.25, -0.2) is 0 Å². The van der Waals surface area contributed by atoms with Crippen LogP contribution in [0.15, 0.2) is 36.4 Å². The van der Waals surface area contributed by atoms with E-state index in [-0.39, 0.29) is 23.4 Å². The van der Waals surface area contributed by atoms with Crippen molar-refractivity contribution < 1.29 is 14.3 Å². The van der Waals surface area contributed by atoms with E-state index in [0.29, 0.717) is 10.8 Å². The Kier molecular flexibility index (Phi) is 7.11. The Labute approximate surface area is 169 Å². The van der Waals surface area contributed by atoms with Gasteiger partial charge in [0.25, 0.3) is 5.91 Å². The Bertz CT molecular complexity index is 855. The van der Waals surface area contributed by atoms with Gasteiger partial charge in [-0.3, -0.25) is 9.59 Å². The SMILES string of the molecule is Cc1cccc(NC(=O)CN(C)C(=O)C(C)Oc2cccc(Cl)c2Cl)c1C. The predicted octanol–water partition coefficient (Wildman–Crippen LogP) is 4.47. The topological polar surface area (TPSA) is 58.6 Å². The molecular formula is C20H22Cl2N2O3. The molecule has 0 fully saturated rings. The van der Waals surface area contributed by atoms with Gasteiger partial charge < -0.3 is 15.0 Å². The normalized spacial score (nSPS) is 11.6. The van der Waals surface area contributed by atoms with E-state index in [4.69, 9.17) is 27.9 Å². The molecule has 7 heteroatoms. The molecule has 27 heavy (non-hydrogen) atoms. The van der Waals surface area contributed by atoms with Gasteiger partial charge in [-0.15, -0.1) is 0 Å². The third kappa shape index (κ3) is 5.37. The second kappa shape index (κ2) is 9.11. The lowest BCUT2D eigenvalue weighted by atomic mass is 10.1. The summed E-state index contributed by atoms with van der Waals surface area (Å²) in [6.45, 7) is 5.41. The number of hydrogen-bond donors (Lipinski definition) is 1. The third-order valence-corrected chi connectivity index (χ3v) is 5.00. The van der Waals surface area contributed by atoms with Gasteiger partial charge in [0.15, 0.2) is 6.10 Å². The highest BCUT2D eigenvalue weighted by molar-refractivity contribution is 6.42. The van der Waals surface area contributed by atoms with Crippen LogP contribution in [0, 0.1) is 13.8 Å². The highest BCUT2D eigenvalue weighted by atomic mass is 35.5. The smallest absolute Gasteiger partial charge is 0.263 e. The second-order valence-corrected chi connectivity index (χ2v) is 7.09. The molecule has 0 bridgehead atoms. The first-order chi connectivity index (χ1) is 12.7. The van der Waals surface area contributed by atoms with E-state index in [2.05, 4.69) is 5.32 Å². The molecule has 2 amide bonds. The summed E-state index contributed by atoms with van der Waals surface area (Å²) in [4.78, 5) is 26.1. The van der Waals surface area contributed by atoms with Crippen molar-refractivity contribution in [3.05, 3.63) is 57.6 Å². The number of anilines is 1. The molecule has 144 valence electrons. The molecule has 2 rings (SSSR count). The molecule has 5 nitrogen and oxygen atoms in total. The Morgan fingerprint density at radius 2 is 1.81 bits per heavy atom. The van der Waals surface area contributed by atoms with E-state index in [1.165, 1.54) is 4.90 Å². The Morgan fingerprint density at radius 3 is 2.52 bits per heavy atom. The van der Waals surface area contributed by atoms with Crippen molar-refractivity contribution in [1.29, 1.82) is 0 Å². The average molecular weight is 409 g/mol. The lowest BCUT2D eigenvalue weighted by Gasteiger charge is -2.22. The molecule has 2 aromatic carbocycles. The number of aryl methyl sites for hydroxylation is 1. The largest absolute Gasteiger partial charge is 0.479 e. The number of amides is 2. The summed E-state index contributed by atoms with van der Waals surface area (Å²) in [5, 5.41) is 3.42. The van der Waals surface area contributed by atoms with Crippen molar-refractivity contribution in [3.63, 3.8) is 0 Å². The zero-order chi connectivity index (χ0) is 20.1. The van der Waals surface area contributed by atoms with Crippen LogP contribution in [0.4, 0.5) is 5.69 Å². The molecular weight excluding hydrogens is 387 g/mol. The number of hydrogen-bond acceptors (Lipinski definition) is 3. The predicted molar refractivity (Wildman–Crippen MR) is 109 cm³/mol. The number of nitrogens with one attached hydrogen (secondary N) is 1. The van der Waals surface area contributed by atoms with Crippen LogP contribution in [0.25, 0.3) is 0 Å². The van der Waals surface area contributed by atoms with Crippen LogP contribution in [0.3, 0.4) is 0 Å². The minimum atomic E-state index is -0.820. The fourth-order valence-corrected chi connectivity index (χ4v) is 2.83. The lowest BCUT2D eigenvalue weighted by Crippen LogP contribution is -2.42. The molecule has 0 radical (unpaired) electrons. The fourth-order valence-electron chi connectivity index (χ4n) is 2.50. The van der Waals surface area contributed by atoms with Crippen LogP contribution < -0.4 is 10.1 Å². The van der Waals surface area contributed by atoms with Crippen LogP contribution >= 0.6 is 23.2 Å². The summed E-state index contributed by atoms with van der Waals surface area (Å²) in [6, 6.07) is 10.6. The monoisotopic (exact) mass is 408 g/mol. The first-order valence-electron chi connectivity index (χ1n) is 8.42. The Balaban J connectivity index is 1.96. The summed E-state index contributed by atoms with van der Waals surface area (Å²) >= 11 is 12.0. The molecule has 0 aliphatic carbocycles. The fraction of sp³-hybridized carbons (Fsp3) is 0.300. The first-order valence-corrected chi connectivity index (χ1v) is 9.18. The quantitative estimate of drug-likeness (QED) is 0.766. The second-order valence-electron chi connectivity index (χ2n) is 6.30. The first kappa shape index (κ1) is 21.1. The molecule has 0 heterocycles. The minimum absolute atomic E-state index is 0.0941. The van der Waals surface area contributed by atoms with Crippen molar-refractivity contribution in [2.45, 2.75) is 26.9 Å². The summed E-state index contributed by atoms with van der Waals surface area (Å²) in [7, 11) is 1.55. The Hall–Kier alpha value is -2.24. The van der Waals surface area contributed by atoms with Crippen molar-refractivity contribution in [2.24, 2.45) is 0 Å². The molecule has 0 aliphatic rings.